The number of rotatable bonds is 2. The Morgan fingerprint density at radius 3 is 2.19 bits per heavy atom. The number of imide groups is 1. The second-order valence-corrected chi connectivity index (χ2v) is 5.54. The number of carbonyl (C=O) groups excluding carboxylic acids is 2. The van der Waals surface area contributed by atoms with E-state index in [2.05, 4.69) is 0 Å². The van der Waals surface area contributed by atoms with E-state index in [-0.39, 0.29) is 17.9 Å². The fraction of sp³-hybridized carbons (Fsp3) is 0.222. The Morgan fingerprint density at radius 2 is 1.52 bits per heavy atom. The van der Waals surface area contributed by atoms with Crippen LogP contribution in [0.3, 0.4) is 0 Å². The number of carbonyl (C=O) groups is 2. The maximum atomic E-state index is 12.8. The molecule has 106 valence electrons. The average Bonchev–Trinajstić information content (AvgIpc) is 2.48. The van der Waals surface area contributed by atoms with Crippen LogP contribution < -0.4 is 0 Å². The Hall–Kier alpha value is -2.42. The van der Waals surface area contributed by atoms with Crippen molar-refractivity contribution in [1.29, 1.82) is 0 Å². The van der Waals surface area contributed by atoms with Gasteiger partial charge in [-0.25, -0.2) is 0 Å². The lowest BCUT2D eigenvalue weighted by molar-refractivity contribution is -0.131. The van der Waals surface area contributed by atoms with Gasteiger partial charge in [-0.05, 0) is 31.0 Å². The highest BCUT2D eigenvalue weighted by atomic mass is 16.2. The number of amides is 2. The molecule has 1 unspecified atom stereocenters. The number of fused-ring (bicyclic) bond motifs is 1. The fourth-order valence-electron chi connectivity index (χ4n) is 2.90. The van der Waals surface area contributed by atoms with Gasteiger partial charge in [0.15, 0.2) is 0 Å². The van der Waals surface area contributed by atoms with Crippen LogP contribution in [0.5, 0.6) is 0 Å². The average molecular weight is 279 g/mol. The van der Waals surface area contributed by atoms with Crippen molar-refractivity contribution >= 4 is 11.8 Å². The van der Waals surface area contributed by atoms with Gasteiger partial charge in [-0.2, -0.15) is 0 Å². The summed E-state index contributed by atoms with van der Waals surface area (Å²) in [6, 6.07) is 16.9. The van der Waals surface area contributed by atoms with Crippen LogP contribution in [0.15, 0.2) is 54.6 Å². The molecule has 0 aromatic heterocycles. The van der Waals surface area contributed by atoms with Crippen LogP contribution in [0.4, 0.5) is 0 Å². The van der Waals surface area contributed by atoms with Gasteiger partial charge in [-0.3, -0.25) is 14.5 Å². The van der Waals surface area contributed by atoms with Crippen molar-refractivity contribution in [2.75, 3.05) is 0 Å². The highest BCUT2D eigenvalue weighted by Crippen LogP contribution is 2.35. The molecule has 0 radical (unpaired) electrons. The zero-order valence-corrected chi connectivity index (χ0v) is 12.1. The summed E-state index contributed by atoms with van der Waals surface area (Å²) >= 11 is 0. The van der Waals surface area contributed by atoms with E-state index in [1.807, 2.05) is 62.4 Å². The predicted octanol–water partition coefficient (Wildman–Crippen LogP) is 3.21. The third-order valence-corrected chi connectivity index (χ3v) is 3.85. The van der Waals surface area contributed by atoms with E-state index in [1.165, 1.54) is 4.90 Å². The third-order valence-electron chi connectivity index (χ3n) is 3.85. The van der Waals surface area contributed by atoms with E-state index in [0.717, 1.165) is 11.1 Å². The van der Waals surface area contributed by atoms with E-state index >= 15 is 0 Å². The van der Waals surface area contributed by atoms with Gasteiger partial charge in [0.25, 0.3) is 5.91 Å². The van der Waals surface area contributed by atoms with Crippen LogP contribution in [0, 0.1) is 0 Å². The summed E-state index contributed by atoms with van der Waals surface area (Å²) in [5.74, 6) is -0.736. The van der Waals surface area contributed by atoms with E-state index in [9.17, 15) is 9.59 Å². The zero-order chi connectivity index (χ0) is 15.0. The summed E-state index contributed by atoms with van der Waals surface area (Å²) in [5, 5.41) is 0. The fourth-order valence-corrected chi connectivity index (χ4v) is 2.90. The molecule has 0 bridgehead atoms. The smallest absolute Gasteiger partial charge is 0.261 e. The molecule has 2 aromatic rings. The van der Waals surface area contributed by atoms with Crippen LogP contribution >= 0.6 is 0 Å². The molecule has 3 rings (SSSR count). The van der Waals surface area contributed by atoms with E-state index in [4.69, 9.17) is 0 Å². The van der Waals surface area contributed by atoms with Crippen molar-refractivity contribution in [1.82, 2.24) is 4.90 Å². The first-order valence-corrected chi connectivity index (χ1v) is 7.12. The van der Waals surface area contributed by atoms with Crippen LogP contribution in [0.1, 0.15) is 41.3 Å². The molecule has 0 saturated carbocycles. The van der Waals surface area contributed by atoms with Gasteiger partial charge >= 0.3 is 0 Å². The summed E-state index contributed by atoms with van der Waals surface area (Å²) in [4.78, 5) is 26.8. The molecule has 2 amide bonds. The summed E-state index contributed by atoms with van der Waals surface area (Å²) in [5.41, 5.74) is 2.35. The molecule has 1 aliphatic heterocycles. The molecule has 3 heteroatoms. The highest BCUT2D eigenvalue weighted by molar-refractivity contribution is 6.12. The second-order valence-electron chi connectivity index (χ2n) is 5.54. The van der Waals surface area contributed by atoms with Crippen LogP contribution in [0.25, 0.3) is 0 Å². The quantitative estimate of drug-likeness (QED) is 0.792. The van der Waals surface area contributed by atoms with Gasteiger partial charge in [0.1, 0.15) is 0 Å². The zero-order valence-electron chi connectivity index (χ0n) is 12.1. The molecule has 0 spiro atoms. The SMILES string of the molecule is CC(C)N1C(=O)c2ccccc2C(c2ccccc2)C1=O. The number of hydrogen-bond acceptors (Lipinski definition) is 2. The van der Waals surface area contributed by atoms with Crippen molar-refractivity contribution < 1.29 is 9.59 Å². The monoisotopic (exact) mass is 279 g/mol. The lowest BCUT2D eigenvalue weighted by atomic mass is 9.83. The van der Waals surface area contributed by atoms with Crippen molar-refractivity contribution in [2.24, 2.45) is 0 Å². The summed E-state index contributed by atoms with van der Waals surface area (Å²) in [6.45, 7) is 3.73. The summed E-state index contributed by atoms with van der Waals surface area (Å²) in [7, 11) is 0. The molecular formula is C18H17NO2. The van der Waals surface area contributed by atoms with Crippen LogP contribution in [-0.4, -0.2) is 22.8 Å². The van der Waals surface area contributed by atoms with Gasteiger partial charge in [0.05, 0.1) is 5.92 Å². The summed E-state index contributed by atoms with van der Waals surface area (Å²) < 4.78 is 0. The van der Waals surface area contributed by atoms with E-state index in [1.54, 1.807) is 6.07 Å². The topological polar surface area (TPSA) is 37.4 Å². The van der Waals surface area contributed by atoms with Gasteiger partial charge in [-0.15, -0.1) is 0 Å². The first-order chi connectivity index (χ1) is 10.1. The Kier molecular flexibility index (Phi) is 3.34. The van der Waals surface area contributed by atoms with Gasteiger partial charge in [0.2, 0.25) is 5.91 Å². The van der Waals surface area contributed by atoms with Gasteiger partial charge in [-0.1, -0.05) is 48.5 Å². The Bertz CT molecular complexity index is 691. The minimum atomic E-state index is -0.400. The van der Waals surface area contributed by atoms with Crippen LogP contribution in [-0.2, 0) is 4.79 Å². The Morgan fingerprint density at radius 1 is 0.905 bits per heavy atom. The predicted molar refractivity (Wildman–Crippen MR) is 81.0 cm³/mol. The maximum absolute atomic E-state index is 12.8. The first kappa shape index (κ1) is 13.6. The number of hydrogen-bond donors (Lipinski definition) is 0. The third kappa shape index (κ3) is 2.15. The molecule has 0 fully saturated rings. The molecule has 1 aliphatic rings. The molecular weight excluding hydrogens is 262 g/mol. The molecule has 3 nitrogen and oxygen atoms in total. The Balaban J connectivity index is 2.21. The maximum Gasteiger partial charge on any atom is 0.261 e. The normalized spacial score (nSPS) is 18.0. The summed E-state index contributed by atoms with van der Waals surface area (Å²) in [6.07, 6.45) is 0. The Labute approximate surface area is 124 Å². The lowest BCUT2D eigenvalue weighted by Gasteiger charge is -2.35. The molecule has 21 heavy (non-hydrogen) atoms. The first-order valence-electron chi connectivity index (χ1n) is 7.12. The minimum absolute atomic E-state index is 0.139. The molecule has 0 aliphatic carbocycles. The number of nitrogens with zero attached hydrogens (tertiary/aromatic N) is 1. The largest absolute Gasteiger partial charge is 0.275 e. The van der Waals surface area contributed by atoms with Crippen molar-refractivity contribution in [3.63, 3.8) is 0 Å². The molecule has 1 heterocycles. The van der Waals surface area contributed by atoms with Crippen molar-refractivity contribution in [3.05, 3.63) is 71.3 Å². The highest BCUT2D eigenvalue weighted by Gasteiger charge is 2.40. The minimum Gasteiger partial charge on any atom is -0.275 e. The molecule has 1 atom stereocenters. The molecule has 2 aromatic carbocycles. The lowest BCUT2D eigenvalue weighted by Crippen LogP contribution is -2.48. The second kappa shape index (κ2) is 5.17. The standard InChI is InChI=1S/C18H17NO2/c1-12(2)19-17(20)15-11-7-6-10-14(15)16(18(19)21)13-8-4-3-5-9-13/h3-12,16H,1-2H3. The number of benzene rings is 2. The van der Waals surface area contributed by atoms with Crippen molar-refractivity contribution in [3.8, 4) is 0 Å². The van der Waals surface area contributed by atoms with Gasteiger partial charge < -0.3 is 0 Å². The van der Waals surface area contributed by atoms with Crippen molar-refractivity contribution in [2.45, 2.75) is 25.8 Å². The van der Waals surface area contributed by atoms with Gasteiger partial charge in [0, 0.05) is 11.6 Å². The molecule has 0 saturated heterocycles. The molecule has 0 N–H and O–H groups in total. The van der Waals surface area contributed by atoms with E-state index in [0.29, 0.717) is 5.56 Å². The van der Waals surface area contributed by atoms with E-state index < -0.39 is 5.92 Å². The van der Waals surface area contributed by atoms with Crippen LogP contribution in [0.2, 0.25) is 0 Å².